The highest BCUT2D eigenvalue weighted by atomic mass is 127. The third-order valence-electron chi connectivity index (χ3n) is 4.72. The lowest BCUT2D eigenvalue weighted by Gasteiger charge is -2.20. The molecule has 1 aromatic carbocycles. The molecule has 1 heterocycles. The van der Waals surface area contributed by atoms with E-state index in [-0.39, 0.29) is 54.1 Å². The smallest absolute Gasteiger partial charge is 0.353 e. The lowest BCUT2D eigenvalue weighted by Crippen LogP contribution is -2.46. The van der Waals surface area contributed by atoms with Crippen LogP contribution in [0.5, 0.6) is 0 Å². The minimum Gasteiger partial charge on any atom is -0.353 e. The fourth-order valence-electron chi connectivity index (χ4n) is 3.43. The summed E-state index contributed by atoms with van der Waals surface area (Å²) >= 11 is 0. The minimum absolute atomic E-state index is 0. The zero-order valence-corrected chi connectivity index (χ0v) is 17.0. The number of nitrogens with zero attached hydrogens (tertiary/aromatic N) is 2. The molecule has 1 aromatic rings. The van der Waals surface area contributed by atoms with E-state index in [0.717, 1.165) is 0 Å². The van der Waals surface area contributed by atoms with Crippen molar-refractivity contribution in [3.63, 3.8) is 0 Å². The second-order valence-electron chi connectivity index (χ2n) is 6.78. The van der Waals surface area contributed by atoms with Gasteiger partial charge in [-0.3, -0.25) is 9.89 Å². The Kier molecular flexibility index (Phi) is 7.28. The number of benzene rings is 1. The molecule has 10 heteroatoms. The average molecular weight is 504 g/mol. The lowest BCUT2D eigenvalue weighted by molar-refractivity contribution is -0.143. The van der Waals surface area contributed by atoms with Crippen molar-refractivity contribution in [1.82, 2.24) is 15.5 Å². The van der Waals surface area contributed by atoms with Crippen LogP contribution in [-0.4, -0.2) is 55.8 Å². The number of hydrogen-bond acceptors (Lipinski definition) is 2. The van der Waals surface area contributed by atoms with Crippen molar-refractivity contribution in [3.8, 4) is 0 Å². The van der Waals surface area contributed by atoms with Crippen LogP contribution in [0.3, 0.4) is 0 Å². The van der Waals surface area contributed by atoms with E-state index in [1.54, 1.807) is 7.05 Å². The first-order valence-corrected chi connectivity index (χ1v) is 8.49. The van der Waals surface area contributed by atoms with Gasteiger partial charge in [-0.25, -0.2) is 8.78 Å². The fraction of sp³-hybridized carbons (Fsp3) is 0.588. The molecule has 0 bridgehead atoms. The van der Waals surface area contributed by atoms with E-state index in [1.807, 2.05) is 0 Å². The highest BCUT2D eigenvalue weighted by molar-refractivity contribution is 14.0. The summed E-state index contributed by atoms with van der Waals surface area (Å²) < 4.78 is 65.0. The van der Waals surface area contributed by atoms with Crippen LogP contribution in [0.4, 0.5) is 22.0 Å². The number of nitrogens with one attached hydrogen (secondary N) is 2. The van der Waals surface area contributed by atoms with Crippen molar-refractivity contribution in [2.45, 2.75) is 37.0 Å². The molecule has 1 aliphatic carbocycles. The van der Waals surface area contributed by atoms with Crippen LogP contribution in [0, 0.1) is 11.6 Å². The van der Waals surface area contributed by atoms with E-state index in [0.29, 0.717) is 25.3 Å². The summed E-state index contributed by atoms with van der Waals surface area (Å²) in [7, 11) is 1.55. The molecule has 3 rings (SSSR count). The summed E-state index contributed by atoms with van der Waals surface area (Å²) in [5, 5.41) is 6.19. The van der Waals surface area contributed by atoms with Gasteiger partial charge in [0.05, 0.1) is 6.54 Å². The Bertz CT molecular complexity index is 662. The Hall–Kier alpha value is -1.17. The quantitative estimate of drug-likeness (QED) is 0.287. The molecule has 2 fully saturated rings. The molecule has 3 atom stereocenters. The van der Waals surface area contributed by atoms with Gasteiger partial charge in [0.15, 0.2) is 5.96 Å². The molecule has 1 saturated heterocycles. The van der Waals surface area contributed by atoms with Crippen molar-refractivity contribution < 1.29 is 22.0 Å². The van der Waals surface area contributed by atoms with Crippen molar-refractivity contribution in [2.75, 3.05) is 26.7 Å². The van der Waals surface area contributed by atoms with E-state index in [1.165, 1.54) is 23.1 Å². The molecule has 1 aliphatic heterocycles. The third kappa shape index (κ3) is 5.90. The van der Waals surface area contributed by atoms with E-state index in [2.05, 4.69) is 15.6 Å². The Morgan fingerprint density at radius 1 is 1.22 bits per heavy atom. The maximum absolute atomic E-state index is 13.8. The molecule has 0 radical (unpaired) electrons. The Balaban J connectivity index is 0.00000261. The van der Waals surface area contributed by atoms with E-state index in [9.17, 15) is 22.0 Å². The first-order chi connectivity index (χ1) is 12.3. The molecule has 0 aromatic heterocycles. The van der Waals surface area contributed by atoms with E-state index in [4.69, 9.17) is 0 Å². The van der Waals surface area contributed by atoms with Gasteiger partial charge in [-0.1, -0.05) is 6.07 Å². The number of likely N-dealkylation sites (tertiary alicyclic amines) is 1. The fourth-order valence-corrected chi connectivity index (χ4v) is 3.43. The molecule has 2 aliphatic rings. The first kappa shape index (κ1) is 22.1. The number of alkyl halides is 3. The number of hydrogen-bond donors (Lipinski definition) is 2. The second kappa shape index (κ2) is 8.89. The average Bonchev–Trinajstić information content (AvgIpc) is 3.14. The van der Waals surface area contributed by atoms with Gasteiger partial charge in [0.2, 0.25) is 0 Å². The third-order valence-corrected chi connectivity index (χ3v) is 4.72. The molecular formula is C17H22F5IN4. The van der Waals surface area contributed by atoms with Crippen molar-refractivity contribution in [1.29, 1.82) is 0 Å². The van der Waals surface area contributed by atoms with Gasteiger partial charge in [-0.2, -0.15) is 13.2 Å². The SMILES string of the molecule is CN=C(NC1CCN(CC(F)(F)F)C1)NC1CC1c1c(F)cccc1F.I. The standard InChI is InChI=1S/C17H21F5N4.HI/c1-23-16(24-10-5-6-26(8-10)9-17(20,21)22)25-14-7-11(14)15-12(18)3-2-4-13(15)19;/h2-4,10-11,14H,5-9H2,1H3,(H2,23,24,25);1H. The van der Waals surface area contributed by atoms with Crippen LogP contribution >= 0.6 is 24.0 Å². The van der Waals surface area contributed by atoms with Gasteiger partial charge in [0, 0.05) is 43.7 Å². The van der Waals surface area contributed by atoms with Crippen molar-refractivity contribution >= 4 is 29.9 Å². The number of halogens is 6. The number of aliphatic imine (C=N–C) groups is 1. The van der Waals surface area contributed by atoms with Crippen LogP contribution in [0.2, 0.25) is 0 Å². The molecule has 2 N–H and O–H groups in total. The van der Waals surface area contributed by atoms with Crippen LogP contribution in [0.25, 0.3) is 0 Å². The molecule has 27 heavy (non-hydrogen) atoms. The van der Waals surface area contributed by atoms with Crippen LogP contribution in [0.1, 0.15) is 24.3 Å². The summed E-state index contributed by atoms with van der Waals surface area (Å²) in [4.78, 5) is 5.42. The summed E-state index contributed by atoms with van der Waals surface area (Å²) in [6.07, 6.45) is -3.06. The normalized spacial score (nSPS) is 25.9. The van der Waals surface area contributed by atoms with Gasteiger partial charge in [-0.05, 0) is 25.0 Å². The molecule has 152 valence electrons. The van der Waals surface area contributed by atoms with E-state index >= 15 is 0 Å². The maximum atomic E-state index is 13.8. The summed E-state index contributed by atoms with van der Waals surface area (Å²) in [5.41, 5.74) is 0.0673. The molecule has 0 spiro atoms. The number of guanidine groups is 1. The highest BCUT2D eigenvalue weighted by Crippen LogP contribution is 2.43. The van der Waals surface area contributed by atoms with Crippen LogP contribution in [0.15, 0.2) is 23.2 Å². The largest absolute Gasteiger partial charge is 0.401 e. The molecule has 3 unspecified atom stereocenters. The van der Waals surface area contributed by atoms with Crippen LogP contribution in [-0.2, 0) is 0 Å². The second-order valence-corrected chi connectivity index (χ2v) is 6.78. The van der Waals surface area contributed by atoms with Gasteiger partial charge >= 0.3 is 6.18 Å². The summed E-state index contributed by atoms with van der Waals surface area (Å²) in [6.45, 7) is -0.286. The van der Waals surface area contributed by atoms with Gasteiger partial charge in [0.1, 0.15) is 11.6 Å². The highest BCUT2D eigenvalue weighted by Gasteiger charge is 2.42. The summed E-state index contributed by atoms with van der Waals surface area (Å²) in [5.74, 6) is -0.977. The van der Waals surface area contributed by atoms with Crippen LogP contribution < -0.4 is 10.6 Å². The van der Waals surface area contributed by atoms with E-state index < -0.39 is 24.4 Å². The zero-order valence-electron chi connectivity index (χ0n) is 14.7. The van der Waals surface area contributed by atoms with Gasteiger partial charge in [0.25, 0.3) is 0 Å². The number of rotatable bonds is 4. The minimum atomic E-state index is -4.21. The molecule has 4 nitrogen and oxygen atoms in total. The first-order valence-electron chi connectivity index (χ1n) is 8.49. The molecule has 0 amide bonds. The maximum Gasteiger partial charge on any atom is 0.401 e. The lowest BCUT2D eigenvalue weighted by atomic mass is 10.1. The molecular weight excluding hydrogens is 482 g/mol. The monoisotopic (exact) mass is 504 g/mol. The zero-order chi connectivity index (χ0) is 18.9. The Labute approximate surface area is 171 Å². The summed E-state index contributed by atoms with van der Waals surface area (Å²) in [6, 6.07) is 3.49. The Morgan fingerprint density at radius 3 is 2.48 bits per heavy atom. The predicted octanol–water partition coefficient (Wildman–Crippen LogP) is 3.24. The predicted molar refractivity (Wildman–Crippen MR) is 103 cm³/mol. The van der Waals surface area contributed by atoms with Gasteiger partial charge < -0.3 is 10.6 Å². The Morgan fingerprint density at radius 2 is 1.89 bits per heavy atom. The van der Waals surface area contributed by atoms with Crippen molar-refractivity contribution in [3.05, 3.63) is 35.4 Å². The van der Waals surface area contributed by atoms with Crippen molar-refractivity contribution in [2.24, 2.45) is 4.99 Å². The molecule has 1 saturated carbocycles. The van der Waals surface area contributed by atoms with Gasteiger partial charge in [-0.15, -0.1) is 24.0 Å². The topological polar surface area (TPSA) is 39.7 Å².